The summed E-state index contributed by atoms with van der Waals surface area (Å²) in [6.45, 7) is 1.75. The highest BCUT2D eigenvalue weighted by Gasteiger charge is 2.26. The van der Waals surface area contributed by atoms with Crippen LogP contribution in [0.25, 0.3) is 0 Å². The molecule has 1 aromatic carbocycles. The van der Waals surface area contributed by atoms with Crippen molar-refractivity contribution in [1.29, 1.82) is 0 Å². The van der Waals surface area contributed by atoms with Crippen LogP contribution in [0.3, 0.4) is 0 Å². The van der Waals surface area contributed by atoms with Gasteiger partial charge in [0.15, 0.2) is 0 Å². The van der Waals surface area contributed by atoms with Crippen molar-refractivity contribution in [3.05, 3.63) is 53.6 Å². The first-order valence-electron chi connectivity index (χ1n) is 8.47. The Kier molecular flexibility index (Phi) is 5.65. The Hall–Kier alpha value is -2.41. The largest absolute Gasteiger partial charge is 0.375 e. The number of hydrogen-bond donors (Lipinski definition) is 2. The van der Waals surface area contributed by atoms with E-state index in [-0.39, 0.29) is 23.9 Å². The topological polar surface area (TPSA) is 70.2 Å². The fraction of sp³-hybridized carbons (Fsp3) is 0.444. The number of benzene rings is 1. The molecule has 0 unspecified atom stereocenters. The lowest BCUT2D eigenvalue weighted by atomic mass is 9.95. The molecular weight excluding hydrogens is 323 g/mol. The molecule has 2 atom stereocenters. The average molecular weight is 346 g/mol. The van der Waals surface area contributed by atoms with Gasteiger partial charge in [0.1, 0.15) is 5.82 Å². The third-order valence-electron chi connectivity index (χ3n) is 4.64. The summed E-state index contributed by atoms with van der Waals surface area (Å²) < 4.78 is 18.5. The van der Waals surface area contributed by atoms with Gasteiger partial charge in [-0.3, -0.25) is 5.10 Å². The number of halogens is 1. The highest BCUT2D eigenvalue weighted by atomic mass is 19.1. The monoisotopic (exact) mass is 346 g/mol. The molecular formula is C18H23FN4O2. The zero-order valence-corrected chi connectivity index (χ0v) is 14.2. The Morgan fingerprint density at radius 3 is 2.92 bits per heavy atom. The van der Waals surface area contributed by atoms with Gasteiger partial charge in [-0.25, -0.2) is 9.18 Å². The summed E-state index contributed by atoms with van der Waals surface area (Å²) >= 11 is 0. The molecule has 2 amide bonds. The molecule has 1 aliphatic rings. The first-order chi connectivity index (χ1) is 12.2. The third-order valence-corrected chi connectivity index (χ3v) is 4.64. The number of ether oxygens (including phenoxy) is 1. The van der Waals surface area contributed by atoms with Crippen molar-refractivity contribution < 1.29 is 13.9 Å². The summed E-state index contributed by atoms with van der Waals surface area (Å²) in [5.41, 5.74) is 1.90. The number of amides is 2. The minimum Gasteiger partial charge on any atom is -0.375 e. The van der Waals surface area contributed by atoms with Gasteiger partial charge in [0.25, 0.3) is 0 Å². The van der Waals surface area contributed by atoms with Crippen LogP contribution < -0.4 is 5.32 Å². The van der Waals surface area contributed by atoms with Gasteiger partial charge in [-0.05, 0) is 36.6 Å². The van der Waals surface area contributed by atoms with Crippen molar-refractivity contribution in [2.24, 2.45) is 0 Å². The molecule has 7 heteroatoms. The molecule has 134 valence electrons. The molecule has 0 radical (unpaired) electrons. The normalized spacial score (nSPS) is 18.8. The van der Waals surface area contributed by atoms with Crippen LogP contribution >= 0.6 is 0 Å². The van der Waals surface area contributed by atoms with Gasteiger partial charge < -0.3 is 15.0 Å². The summed E-state index contributed by atoms with van der Waals surface area (Å²) in [4.78, 5) is 14.3. The second kappa shape index (κ2) is 8.11. The second-order valence-electron chi connectivity index (χ2n) is 6.26. The second-order valence-corrected chi connectivity index (χ2v) is 6.26. The number of nitrogens with zero attached hydrogens (tertiary/aromatic N) is 2. The fourth-order valence-corrected chi connectivity index (χ4v) is 3.22. The Morgan fingerprint density at radius 2 is 2.24 bits per heavy atom. The zero-order chi connectivity index (χ0) is 17.6. The summed E-state index contributed by atoms with van der Waals surface area (Å²) in [6.07, 6.45) is 3.43. The van der Waals surface area contributed by atoms with E-state index in [0.717, 1.165) is 30.6 Å². The minimum absolute atomic E-state index is 0.103. The van der Waals surface area contributed by atoms with Crippen LogP contribution in [0.5, 0.6) is 0 Å². The molecule has 1 aliphatic heterocycles. The molecule has 25 heavy (non-hydrogen) atoms. The number of carbonyl (C=O) groups excluding carboxylic acids is 1. The maximum absolute atomic E-state index is 13.0. The van der Waals surface area contributed by atoms with Gasteiger partial charge in [-0.1, -0.05) is 12.1 Å². The van der Waals surface area contributed by atoms with Crippen LogP contribution in [0.2, 0.25) is 0 Å². The van der Waals surface area contributed by atoms with E-state index in [1.165, 1.54) is 12.1 Å². The molecule has 0 aliphatic carbocycles. The van der Waals surface area contributed by atoms with Crippen LogP contribution in [0.4, 0.5) is 9.18 Å². The molecule has 0 spiro atoms. The standard InChI is InChI=1S/C18H23FN4O2/c1-25-17(13-4-6-15(19)7-5-13)11-20-18(24)23-10-2-3-14(12-23)16-8-9-21-22-16/h4-9,14,17H,2-3,10-12H2,1H3,(H,20,24)(H,21,22)/t14-,17-/m1/s1. The number of hydrogen-bond acceptors (Lipinski definition) is 3. The van der Waals surface area contributed by atoms with Crippen LogP contribution in [-0.4, -0.2) is 47.9 Å². The predicted octanol–water partition coefficient (Wildman–Crippen LogP) is 2.83. The van der Waals surface area contributed by atoms with E-state index in [4.69, 9.17) is 4.74 Å². The number of H-pyrrole nitrogens is 1. The van der Waals surface area contributed by atoms with Crippen molar-refractivity contribution in [3.63, 3.8) is 0 Å². The van der Waals surface area contributed by atoms with Crippen LogP contribution in [-0.2, 0) is 4.74 Å². The Morgan fingerprint density at radius 1 is 1.44 bits per heavy atom. The van der Waals surface area contributed by atoms with Crippen molar-refractivity contribution >= 4 is 6.03 Å². The molecule has 0 bridgehead atoms. The van der Waals surface area contributed by atoms with Gasteiger partial charge in [0.2, 0.25) is 0 Å². The van der Waals surface area contributed by atoms with Crippen LogP contribution in [0.1, 0.15) is 36.1 Å². The number of aromatic nitrogens is 2. The average Bonchev–Trinajstić information content (AvgIpc) is 3.18. The first kappa shape index (κ1) is 17.4. The SMILES string of the molecule is CO[C@H](CNC(=O)N1CCC[C@@H](c2ccn[nH]2)C1)c1ccc(F)cc1. The lowest BCUT2D eigenvalue weighted by molar-refractivity contribution is 0.100. The predicted molar refractivity (Wildman–Crippen MR) is 91.7 cm³/mol. The Bertz CT molecular complexity index is 675. The van der Waals surface area contributed by atoms with Crippen molar-refractivity contribution in [2.75, 3.05) is 26.7 Å². The number of methoxy groups -OCH3 is 1. The van der Waals surface area contributed by atoms with Crippen molar-refractivity contribution in [1.82, 2.24) is 20.4 Å². The maximum Gasteiger partial charge on any atom is 0.317 e. The number of aromatic amines is 1. The number of piperidine rings is 1. The van der Waals surface area contributed by atoms with E-state index >= 15 is 0 Å². The van der Waals surface area contributed by atoms with Gasteiger partial charge in [-0.2, -0.15) is 5.10 Å². The summed E-state index contributed by atoms with van der Waals surface area (Å²) in [5, 5.41) is 9.91. The number of rotatable bonds is 5. The molecule has 2 heterocycles. The smallest absolute Gasteiger partial charge is 0.317 e. The highest BCUT2D eigenvalue weighted by Crippen LogP contribution is 2.25. The van der Waals surface area contributed by atoms with Gasteiger partial charge in [0, 0.05) is 44.6 Å². The zero-order valence-electron chi connectivity index (χ0n) is 14.2. The molecule has 1 fully saturated rings. The van der Waals surface area contributed by atoms with E-state index < -0.39 is 0 Å². The Labute approximate surface area is 146 Å². The van der Waals surface area contributed by atoms with E-state index in [0.29, 0.717) is 13.1 Å². The summed E-state index contributed by atoms with van der Waals surface area (Å²) in [7, 11) is 1.58. The van der Waals surface area contributed by atoms with Crippen LogP contribution in [0.15, 0.2) is 36.5 Å². The molecule has 2 N–H and O–H groups in total. The summed E-state index contributed by atoms with van der Waals surface area (Å²) in [6, 6.07) is 7.98. The number of likely N-dealkylation sites (tertiary alicyclic amines) is 1. The molecule has 2 aromatic rings. The van der Waals surface area contributed by atoms with Gasteiger partial charge >= 0.3 is 6.03 Å². The van der Waals surface area contributed by atoms with E-state index in [2.05, 4.69) is 15.5 Å². The van der Waals surface area contributed by atoms with Gasteiger partial charge in [-0.15, -0.1) is 0 Å². The van der Waals surface area contributed by atoms with Gasteiger partial charge in [0.05, 0.1) is 6.10 Å². The highest BCUT2D eigenvalue weighted by molar-refractivity contribution is 5.74. The quantitative estimate of drug-likeness (QED) is 0.875. The minimum atomic E-state index is -0.308. The van der Waals surface area contributed by atoms with E-state index in [1.807, 2.05) is 11.0 Å². The molecule has 6 nitrogen and oxygen atoms in total. The lowest BCUT2D eigenvalue weighted by Gasteiger charge is -2.32. The summed E-state index contributed by atoms with van der Waals surface area (Å²) in [5.74, 6) is -0.00174. The van der Waals surface area contributed by atoms with Crippen molar-refractivity contribution in [2.45, 2.75) is 24.9 Å². The van der Waals surface area contributed by atoms with E-state index in [1.54, 1.807) is 25.4 Å². The number of carbonyl (C=O) groups is 1. The molecule has 1 aromatic heterocycles. The lowest BCUT2D eigenvalue weighted by Crippen LogP contribution is -2.46. The Balaban J connectivity index is 1.55. The van der Waals surface area contributed by atoms with E-state index in [9.17, 15) is 9.18 Å². The third kappa shape index (κ3) is 4.36. The first-order valence-corrected chi connectivity index (χ1v) is 8.47. The van der Waals surface area contributed by atoms with Crippen molar-refractivity contribution in [3.8, 4) is 0 Å². The molecule has 3 rings (SSSR count). The molecule has 1 saturated heterocycles. The molecule has 0 saturated carbocycles. The number of nitrogens with one attached hydrogen (secondary N) is 2. The maximum atomic E-state index is 13.0. The number of urea groups is 1. The van der Waals surface area contributed by atoms with Crippen LogP contribution in [0, 0.1) is 5.82 Å². The fourth-order valence-electron chi connectivity index (χ4n) is 3.22.